The normalized spacial score (nSPS) is 20.7. The zero-order chi connectivity index (χ0) is 48.2. The molecule has 1 aliphatic heterocycles. The highest BCUT2D eigenvalue weighted by Crippen LogP contribution is 2.26. The van der Waals surface area contributed by atoms with Gasteiger partial charge in [0, 0.05) is 6.61 Å². The SMILES string of the molecule is CC/C=C\C/C=C\C/C=C\C/C=C\C/C=C\C/C=C\CCCCCCCOCC(COC1OC(CO)C(O)C(OS(=O)(=O)O)C1O)OC(=O)C/C=C\C/C=C\C/C=C\C/C=C\C/C=C\CC. The number of ether oxygens (including phenoxy) is 4. The summed E-state index contributed by atoms with van der Waals surface area (Å²) >= 11 is 0. The third-order valence-corrected chi connectivity index (χ3v) is 10.3. The summed E-state index contributed by atoms with van der Waals surface area (Å²) in [5, 5.41) is 30.7. The summed E-state index contributed by atoms with van der Waals surface area (Å²) in [4.78, 5) is 12.8. The molecule has 0 spiro atoms. The Kier molecular flexibility index (Phi) is 38.9. The zero-order valence-electron chi connectivity index (χ0n) is 39.7. The molecule has 12 nitrogen and oxygen atoms in total. The number of hydrogen-bond donors (Lipinski definition) is 4. The van der Waals surface area contributed by atoms with Crippen molar-refractivity contribution in [3.05, 3.63) is 134 Å². The quantitative estimate of drug-likeness (QED) is 0.0199. The molecule has 0 bridgehead atoms. The predicted molar refractivity (Wildman–Crippen MR) is 266 cm³/mol. The number of hydrogen-bond acceptors (Lipinski definition) is 11. The van der Waals surface area contributed by atoms with Crippen LogP contribution in [0.1, 0.15) is 129 Å². The summed E-state index contributed by atoms with van der Waals surface area (Å²) < 4.78 is 59.0. The zero-order valence-corrected chi connectivity index (χ0v) is 40.5. The van der Waals surface area contributed by atoms with Gasteiger partial charge in [-0.2, -0.15) is 8.42 Å². The monoisotopic (exact) mass is 943 g/mol. The van der Waals surface area contributed by atoms with Crippen molar-refractivity contribution in [2.45, 2.75) is 166 Å². The largest absolute Gasteiger partial charge is 0.457 e. The molecule has 0 aromatic heterocycles. The van der Waals surface area contributed by atoms with Crippen LogP contribution in [0.4, 0.5) is 0 Å². The lowest BCUT2D eigenvalue weighted by atomic mass is 9.99. The highest BCUT2D eigenvalue weighted by Gasteiger charge is 2.48. The molecular weight excluding hydrogens is 861 g/mol. The summed E-state index contributed by atoms with van der Waals surface area (Å²) in [7, 11) is -5.09. The van der Waals surface area contributed by atoms with E-state index in [9.17, 15) is 33.1 Å². The van der Waals surface area contributed by atoms with E-state index in [1.54, 1.807) is 6.08 Å². The van der Waals surface area contributed by atoms with Crippen molar-refractivity contribution >= 4 is 16.4 Å². The Morgan fingerprint density at radius 2 is 1.00 bits per heavy atom. The third-order valence-electron chi connectivity index (χ3n) is 9.80. The third kappa shape index (κ3) is 35.4. The molecule has 66 heavy (non-hydrogen) atoms. The van der Waals surface area contributed by atoms with Gasteiger partial charge in [-0.15, -0.1) is 0 Å². The van der Waals surface area contributed by atoms with E-state index < -0.39 is 59.8 Å². The van der Waals surface area contributed by atoms with Gasteiger partial charge >= 0.3 is 16.4 Å². The van der Waals surface area contributed by atoms with Gasteiger partial charge in [-0.25, -0.2) is 4.18 Å². The average molecular weight is 943 g/mol. The number of rotatable bonds is 39. The fourth-order valence-corrected chi connectivity index (χ4v) is 6.79. The van der Waals surface area contributed by atoms with E-state index in [1.807, 2.05) is 12.2 Å². The Hall–Kier alpha value is -3.76. The minimum absolute atomic E-state index is 0.00576. The van der Waals surface area contributed by atoms with Crippen LogP contribution >= 0.6 is 0 Å². The van der Waals surface area contributed by atoms with Gasteiger partial charge in [-0.3, -0.25) is 9.35 Å². The highest BCUT2D eigenvalue weighted by molar-refractivity contribution is 7.80. The number of unbranched alkanes of at least 4 members (excludes halogenated alkanes) is 5. The van der Waals surface area contributed by atoms with Crippen LogP contribution in [0.5, 0.6) is 0 Å². The number of esters is 1. The lowest BCUT2D eigenvalue weighted by Crippen LogP contribution is -2.60. The molecule has 0 amide bonds. The van der Waals surface area contributed by atoms with Gasteiger partial charge in [0.05, 0.1) is 26.2 Å². The first-order valence-electron chi connectivity index (χ1n) is 23.9. The maximum absolute atomic E-state index is 12.8. The number of aliphatic hydroxyl groups is 3. The highest BCUT2D eigenvalue weighted by atomic mass is 32.3. The fraction of sp³-hybridized carbons (Fsp3) is 0.566. The van der Waals surface area contributed by atoms with Gasteiger partial charge in [-0.05, 0) is 89.9 Å². The second-order valence-corrected chi connectivity index (χ2v) is 16.6. The summed E-state index contributed by atoms with van der Waals surface area (Å²) in [6.07, 6.45) is 53.7. The Labute approximate surface area is 397 Å². The molecule has 0 aromatic rings. The molecule has 0 aliphatic carbocycles. The number of aliphatic hydroxyl groups excluding tert-OH is 3. The van der Waals surface area contributed by atoms with Gasteiger partial charge < -0.3 is 34.3 Å². The molecule has 0 aromatic carbocycles. The maximum Gasteiger partial charge on any atom is 0.397 e. The van der Waals surface area contributed by atoms with Crippen LogP contribution in [0.2, 0.25) is 0 Å². The van der Waals surface area contributed by atoms with Crippen molar-refractivity contribution in [1.82, 2.24) is 0 Å². The first kappa shape index (κ1) is 60.3. The van der Waals surface area contributed by atoms with Gasteiger partial charge in [-0.1, -0.05) is 167 Å². The standard InChI is InChI=1S/C53H82O12S/c1-3-5-7-9-11-13-15-17-19-20-21-22-23-24-25-26-27-29-31-33-35-37-39-41-43-61-45-47(46-62-53-51(57)52(65-66(58,59)60)50(56)48(44-54)64-53)63-49(55)42-40-38-36-34-32-30-28-18-16-14-12-10-8-6-4-2/h5-8,11-14,17-19,21-22,24-25,27-29,32,34,38,40,47-48,50-54,56-57H,3-4,9-10,15-16,20,23,26,30-31,33,35-37,39,41-46H2,1-2H3,(H,58,59,60)/b7-5-,8-6-,13-11-,14-12-,19-17-,22-21-,25-24-,28-18-,29-27-,34-32-,40-38-. The molecule has 1 rings (SSSR count). The minimum atomic E-state index is -5.09. The topological polar surface area (TPSA) is 178 Å². The maximum atomic E-state index is 12.8. The minimum Gasteiger partial charge on any atom is -0.457 e. The van der Waals surface area contributed by atoms with Crippen molar-refractivity contribution in [3.63, 3.8) is 0 Å². The Balaban J connectivity index is 2.46. The molecule has 4 N–H and O–H groups in total. The van der Waals surface area contributed by atoms with Crippen molar-refractivity contribution in [2.24, 2.45) is 0 Å². The van der Waals surface area contributed by atoms with E-state index in [2.05, 4.69) is 133 Å². The second-order valence-electron chi connectivity index (χ2n) is 15.6. The lowest BCUT2D eigenvalue weighted by molar-refractivity contribution is -0.301. The molecule has 1 aliphatic rings. The molecule has 1 saturated heterocycles. The molecule has 0 saturated carbocycles. The van der Waals surface area contributed by atoms with Crippen LogP contribution in [0.3, 0.4) is 0 Å². The summed E-state index contributed by atoms with van der Waals surface area (Å²) in [5.41, 5.74) is 0. The van der Waals surface area contributed by atoms with Gasteiger partial charge in [0.15, 0.2) is 6.29 Å². The van der Waals surface area contributed by atoms with E-state index in [1.165, 1.54) is 0 Å². The summed E-state index contributed by atoms with van der Waals surface area (Å²) in [6, 6.07) is 0. The molecule has 6 unspecified atom stereocenters. The van der Waals surface area contributed by atoms with Crippen molar-refractivity contribution in [1.29, 1.82) is 0 Å². The Morgan fingerprint density at radius 1 is 0.576 bits per heavy atom. The second kappa shape index (κ2) is 42.6. The number of carbonyl (C=O) groups excluding carboxylic acids is 1. The fourth-order valence-electron chi connectivity index (χ4n) is 6.28. The van der Waals surface area contributed by atoms with Crippen LogP contribution in [-0.4, -0.2) is 97.5 Å². The average Bonchev–Trinajstić information content (AvgIpc) is 3.29. The number of carbonyl (C=O) groups is 1. The summed E-state index contributed by atoms with van der Waals surface area (Å²) in [5.74, 6) is -0.540. The molecule has 372 valence electrons. The van der Waals surface area contributed by atoms with E-state index in [-0.39, 0.29) is 19.6 Å². The van der Waals surface area contributed by atoms with Crippen molar-refractivity contribution in [3.8, 4) is 0 Å². The van der Waals surface area contributed by atoms with Crippen LogP contribution in [0.15, 0.2) is 134 Å². The molecule has 6 atom stereocenters. The van der Waals surface area contributed by atoms with E-state index in [4.69, 9.17) is 18.9 Å². The molecule has 13 heteroatoms. The smallest absolute Gasteiger partial charge is 0.397 e. The van der Waals surface area contributed by atoms with Crippen LogP contribution in [0.25, 0.3) is 0 Å². The predicted octanol–water partition coefficient (Wildman–Crippen LogP) is 10.7. The molecule has 0 radical (unpaired) electrons. The van der Waals surface area contributed by atoms with Crippen molar-refractivity contribution < 1.29 is 56.2 Å². The van der Waals surface area contributed by atoms with Gasteiger partial charge in [0.2, 0.25) is 0 Å². The van der Waals surface area contributed by atoms with Gasteiger partial charge in [0.25, 0.3) is 0 Å². The van der Waals surface area contributed by atoms with E-state index in [0.29, 0.717) is 13.0 Å². The first-order valence-corrected chi connectivity index (χ1v) is 25.3. The molecular formula is C53H82O12S. The van der Waals surface area contributed by atoms with Crippen LogP contribution in [0, 0.1) is 0 Å². The van der Waals surface area contributed by atoms with E-state index >= 15 is 0 Å². The number of allylic oxidation sites excluding steroid dienone is 21. The van der Waals surface area contributed by atoms with E-state index in [0.717, 1.165) is 103 Å². The van der Waals surface area contributed by atoms with Crippen LogP contribution < -0.4 is 0 Å². The lowest BCUT2D eigenvalue weighted by Gasteiger charge is -2.41. The Morgan fingerprint density at radius 3 is 1.45 bits per heavy atom. The van der Waals surface area contributed by atoms with Gasteiger partial charge in [0.1, 0.15) is 30.5 Å². The Bertz CT molecular complexity index is 1650. The van der Waals surface area contributed by atoms with Crippen LogP contribution in [-0.2, 0) is 38.3 Å². The molecule has 1 heterocycles. The summed E-state index contributed by atoms with van der Waals surface area (Å²) in [6.45, 7) is 3.55. The van der Waals surface area contributed by atoms with Crippen molar-refractivity contribution in [2.75, 3.05) is 26.4 Å². The first-order chi connectivity index (χ1) is 32.1. The molecule has 1 fully saturated rings.